The van der Waals surface area contributed by atoms with Crippen LogP contribution in [0.1, 0.15) is 66.6 Å². The molecule has 0 radical (unpaired) electrons. The van der Waals surface area contributed by atoms with E-state index in [0.29, 0.717) is 50.5 Å². The van der Waals surface area contributed by atoms with Gasteiger partial charge in [-0.3, -0.25) is 14.4 Å². The van der Waals surface area contributed by atoms with E-state index in [2.05, 4.69) is 10.6 Å². The van der Waals surface area contributed by atoms with Gasteiger partial charge in [0.05, 0.1) is 28.0 Å². The fourth-order valence-corrected chi connectivity index (χ4v) is 4.73. The molecule has 1 aliphatic rings. The Kier molecular flexibility index (Phi) is 8.13. The molecule has 2 aromatic carbocycles. The maximum Gasteiger partial charge on any atom is 0.263 e. The predicted octanol–water partition coefficient (Wildman–Crippen LogP) is 5.08. The van der Waals surface area contributed by atoms with E-state index in [4.69, 9.17) is 28.2 Å². The van der Waals surface area contributed by atoms with Crippen molar-refractivity contribution >= 4 is 41.0 Å². The number of hydrogen-bond acceptors (Lipinski definition) is 5. The third-order valence-electron chi connectivity index (χ3n) is 6.27. The maximum atomic E-state index is 13.8. The van der Waals surface area contributed by atoms with Crippen molar-refractivity contribution in [3.63, 3.8) is 0 Å². The quantitative estimate of drug-likeness (QED) is 0.441. The first-order chi connectivity index (χ1) is 18.0. The number of aromatic nitrogens is 2. The normalized spacial score (nSPS) is 15.0. The predicted molar refractivity (Wildman–Crippen MR) is 151 cm³/mol. The van der Waals surface area contributed by atoms with E-state index in [9.17, 15) is 14.4 Å². The SMILES string of the molecule is CC(C)NC(=O)c1ccc(-n2c(NC(C)C)nc3c(c2=O)C[C@@H](C)N(C(=O)c2ccc(Cl)c(Cl)c2)C3)cc1. The molecule has 0 fully saturated rings. The number of carbonyl (C=O) groups excluding carboxylic acids is 2. The van der Waals surface area contributed by atoms with E-state index in [0.717, 1.165) is 0 Å². The number of amides is 2. The van der Waals surface area contributed by atoms with Crippen molar-refractivity contribution in [3.8, 4) is 5.69 Å². The van der Waals surface area contributed by atoms with Gasteiger partial charge in [0.1, 0.15) is 0 Å². The van der Waals surface area contributed by atoms with Crippen LogP contribution in [-0.4, -0.2) is 44.4 Å². The van der Waals surface area contributed by atoms with Crippen molar-refractivity contribution in [2.24, 2.45) is 0 Å². The van der Waals surface area contributed by atoms with Gasteiger partial charge in [0.15, 0.2) is 0 Å². The molecule has 1 aromatic heterocycles. The molecule has 0 aliphatic carbocycles. The second kappa shape index (κ2) is 11.2. The highest BCUT2D eigenvalue weighted by Crippen LogP contribution is 2.27. The summed E-state index contributed by atoms with van der Waals surface area (Å²) in [5, 5.41) is 6.81. The molecule has 200 valence electrons. The highest BCUT2D eigenvalue weighted by molar-refractivity contribution is 6.42. The Hall–Kier alpha value is -3.36. The van der Waals surface area contributed by atoms with Crippen molar-refractivity contribution in [1.82, 2.24) is 19.8 Å². The van der Waals surface area contributed by atoms with E-state index >= 15 is 0 Å². The van der Waals surface area contributed by atoms with E-state index in [-0.39, 0.29) is 42.0 Å². The molecule has 10 heteroatoms. The van der Waals surface area contributed by atoms with Crippen molar-refractivity contribution in [1.29, 1.82) is 0 Å². The number of fused-ring (bicyclic) bond motifs is 1. The second-order valence-electron chi connectivity index (χ2n) is 10.1. The molecule has 3 aromatic rings. The van der Waals surface area contributed by atoms with Gasteiger partial charge in [-0.15, -0.1) is 0 Å². The van der Waals surface area contributed by atoms with Crippen LogP contribution in [0.3, 0.4) is 0 Å². The topological polar surface area (TPSA) is 96.3 Å². The standard InChI is InChI=1S/C28H31Cl2N5O3/c1-15(2)31-25(36)18-6-9-20(10-7-18)35-27(38)21-12-17(5)34(14-24(21)33-28(35)32-16(3)4)26(37)19-8-11-22(29)23(30)13-19/h6-11,13,15-17H,12,14H2,1-5H3,(H,31,36)(H,32,33)/t17-/m1/s1. The lowest BCUT2D eigenvalue weighted by molar-refractivity contribution is 0.0653. The van der Waals surface area contributed by atoms with Crippen LogP contribution in [0, 0.1) is 0 Å². The van der Waals surface area contributed by atoms with Crippen LogP contribution < -0.4 is 16.2 Å². The summed E-state index contributed by atoms with van der Waals surface area (Å²) < 4.78 is 1.53. The van der Waals surface area contributed by atoms with Gasteiger partial charge in [-0.1, -0.05) is 23.2 Å². The molecule has 0 saturated carbocycles. The minimum Gasteiger partial charge on any atom is -0.353 e. The van der Waals surface area contributed by atoms with E-state index in [1.165, 1.54) is 4.57 Å². The third-order valence-corrected chi connectivity index (χ3v) is 7.01. The second-order valence-corrected chi connectivity index (χ2v) is 10.9. The minimum atomic E-state index is -0.238. The van der Waals surface area contributed by atoms with Crippen molar-refractivity contribution in [2.75, 3.05) is 5.32 Å². The molecule has 2 heterocycles. The molecular weight excluding hydrogens is 525 g/mol. The largest absolute Gasteiger partial charge is 0.353 e. The summed E-state index contributed by atoms with van der Waals surface area (Å²) in [6.07, 6.45) is 0.352. The van der Waals surface area contributed by atoms with Gasteiger partial charge in [-0.05, 0) is 83.5 Å². The highest BCUT2D eigenvalue weighted by atomic mass is 35.5. The Labute approximate surface area is 232 Å². The lowest BCUT2D eigenvalue weighted by atomic mass is 9.98. The van der Waals surface area contributed by atoms with Crippen LogP contribution in [0.5, 0.6) is 0 Å². The summed E-state index contributed by atoms with van der Waals surface area (Å²) in [4.78, 5) is 46.0. The number of nitrogens with one attached hydrogen (secondary N) is 2. The van der Waals surface area contributed by atoms with Crippen LogP contribution >= 0.6 is 23.2 Å². The fourth-order valence-electron chi connectivity index (χ4n) is 4.43. The van der Waals surface area contributed by atoms with Crippen LogP contribution in [0.2, 0.25) is 10.0 Å². The van der Waals surface area contributed by atoms with E-state index in [1.807, 2.05) is 34.6 Å². The number of carbonyl (C=O) groups is 2. The summed E-state index contributed by atoms with van der Waals surface area (Å²) in [7, 11) is 0. The van der Waals surface area contributed by atoms with Crippen LogP contribution in [-0.2, 0) is 13.0 Å². The zero-order valence-corrected chi connectivity index (χ0v) is 23.5. The Morgan fingerprint density at radius 1 is 0.974 bits per heavy atom. The van der Waals surface area contributed by atoms with E-state index < -0.39 is 0 Å². The lowest BCUT2D eigenvalue weighted by Gasteiger charge is -2.34. The van der Waals surface area contributed by atoms with Gasteiger partial charge in [-0.25, -0.2) is 9.55 Å². The molecule has 0 unspecified atom stereocenters. The number of halogens is 2. The van der Waals surface area contributed by atoms with Gasteiger partial charge in [0.25, 0.3) is 17.4 Å². The fraction of sp³-hybridized carbons (Fsp3) is 0.357. The summed E-state index contributed by atoms with van der Waals surface area (Å²) in [5.74, 6) is -0.00972. The molecular formula is C28H31Cl2N5O3. The number of anilines is 1. The number of nitrogens with zero attached hydrogens (tertiary/aromatic N) is 3. The Morgan fingerprint density at radius 3 is 2.24 bits per heavy atom. The van der Waals surface area contributed by atoms with Gasteiger partial charge in [0.2, 0.25) is 5.95 Å². The van der Waals surface area contributed by atoms with Crippen molar-refractivity contribution < 1.29 is 9.59 Å². The molecule has 4 rings (SSSR count). The molecule has 0 saturated heterocycles. The molecule has 0 bridgehead atoms. The van der Waals surface area contributed by atoms with Gasteiger partial charge >= 0.3 is 0 Å². The number of hydrogen-bond donors (Lipinski definition) is 2. The molecule has 0 spiro atoms. The van der Waals surface area contributed by atoms with Gasteiger partial charge < -0.3 is 15.5 Å². The minimum absolute atomic E-state index is 0.00116. The summed E-state index contributed by atoms with van der Waals surface area (Å²) in [5.41, 5.74) is 2.43. The smallest absolute Gasteiger partial charge is 0.263 e. The van der Waals surface area contributed by atoms with Crippen LogP contribution in [0.4, 0.5) is 5.95 Å². The summed E-state index contributed by atoms with van der Waals surface area (Å²) >= 11 is 12.2. The zero-order valence-electron chi connectivity index (χ0n) is 22.0. The molecule has 2 N–H and O–H groups in total. The molecule has 8 nitrogen and oxygen atoms in total. The first kappa shape index (κ1) is 27.7. The molecule has 2 amide bonds. The van der Waals surface area contributed by atoms with Crippen LogP contribution in [0.15, 0.2) is 47.3 Å². The first-order valence-electron chi connectivity index (χ1n) is 12.5. The number of rotatable bonds is 6. The zero-order chi connectivity index (χ0) is 27.7. The molecule has 1 aliphatic heterocycles. The van der Waals surface area contributed by atoms with Gasteiger partial charge in [0, 0.05) is 34.8 Å². The maximum absolute atomic E-state index is 13.8. The third kappa shape index (κ3) is 5.71. The average molecular weight is 556 g/mol. The van der Waals surface area contributed by atoms with Crippen molar-refractivity contribution in [2.45, 2.75) is 65.7 Å². The Bertz CT molecular complexity index is 1430. The first-order valence-corrected chi connectivity index (χ1v) is 13.3. The van der Waals surface area contributed by atoms with E-state index in [1.54, 1.807) is 47.4 Å². The van der Waals surface area contributed by atoms with Crippen molar-refractivity contribution in [3.05, 3.63) is 85.2 Å². The van der Waals surface area contributed by atoms with Gasteiger partial charge in [-0.2, -0.15) is 0 Å². The Balaban J connectivity index is 1.72. The Morgan fingerprint density at radius 2 is 1.63 bits per heavy atom. The highest BCUT2D eigenvalue weighted by Gasteiger charge is 2.32. The average Bonchev–Trinajstić information content (AvgIpc) is 2.85. The number of benzene rings is 2. The molecule has 1 atom stereocenters. The summed E-state index contributed by atoms with van der Waals surface area (Å²) in [6, 6.07) is 11.4. The summed E-state index contributed by atoms with van der Waals surface area (Å²) in [6.45, 7) is 9.80. The monoisotopic (exact) mass is 555 g/mol. The lowest BCUT2D eigenvalue weighted by Crippen LogP contribution is -2.46. The van der Waals surface area contributed by atoms with Crippen LogP contribution in [0.25, 0.3) is 5.69 Å². The molecule has 38 heavy (non-hydrogen) atoms.